The van der Waals surface area contributed by atoms with Crippen LogP contribution in [-0.4, -0.2) is 65.4 Å². The van der Waals surface area contributed by atoms with Crippen molar-refractivity contribution < 1.29 is 19.7 Å². The first-order chi connectivity index (χ1) is 13.7. The number of carbonyl (C=O) groups excluding carboxylic acids is 1. The first-order valence-electron chi connectivity index (χ1n) is 9.91. The number of likely N-dealkylation sites (tertiary alicyclic amines) is 1. The number of anilines is 2. The van der Waals surface area contributed by atoms with E-state index in [0.717, 1.165) is 22.3 Å². The highest BCUT2D eigenvalue weighted by atomic mass is 16.6. The largest absolute Gasteiger partial charge is 0.444 e. The number of β-amino-alcohol motifs (C(OH)–C–C–N with tert-alkyl or cyclic N) is 1. The van der Waals surface area contributed by atoms with Crippen LogP contribution in [0, 0.1) is 0 Å². The summed E-state index contributed by atoms with van der Waals surface area (Å²) in [6.45, 7) is 5.71. The molecule has 0 unspecified atom stereocenters. The van der Waals surface area contributed by atoms with E-state index in [2.05, 4.69) is 7.28 Å². The minimum absolute atomic E-state index is 0.0375. The maximum absolute atomic E-state index is 12.7. The lowest BCUT2D eigenvalue weighted by Crippen LogP contribution is -2.63. The summed E-state index contributed by atoms with van der Waals surface area (Å²) in [5.41, 5.74) is 3.30. The topological polar surface area (TPSA) is 73.2 Å². The summed E-state index contributed by atoms with van der Waals surface area (Å²) < 4.78 is 5.50. The van der Waals surface area contributed by atoms with E-state index < -0.39 is 29.9 Å². The number of amides is 1. The number of carbonyl (C=O) groups is 1. The monoisotopic (exact) mass is 393 g/mol. The van der Waals surface area contributed by atoms with Gasteiger partial charge in [-0.25, -0.2) is 4.79 Å². The normalized spacial score (nSPS) is 23.7. The summed E-state index contributed by atoms with van der Waals surface area (Å²) >= 11 is 0. The quantitative estimate of drug-likeness (QED) is 0.711. The third-order valence-electron chi connectivity index (χ3n) is 5.29. The number of ether oxygens (including phenoxy) is 1. The Balaban J connectivity index is 1.72. The number of rotatable bonds is 1. The number of fused-ring (bicyclic) bond motifs is 2. The molecular formula is C22H26BN2O4. The lowest BCUT2D eigenvalue weighted by molar-refractivity contribution is -0.0561. The number of nitrogens with zero attached hydrogens (tertiary/aromatic N) is 2. The third-order valence-corrected chi connectivity index (χ3v) is 5.29. The summed E-state index contributed by atoms with van der Waals surface area (Å²) in [5.74, 6) is 0. The number of aliphatic hydroxyl groups excluding tert-OH is 2. The van der Waals surface area contributed by atoms with Gasteiger partial charge in [-0.05, 0) is 32.9 Å². The molecule has 2 heterocycles. The maximum atomic E-state index is 12.7. The van der Waals surface area contributed by atoms with Gasteiger partial charge in [0.2, 0.25) is 0 Å². The molecule has 2 N–H and O–H groups in total. The molecule has 0 bridgehead atoms. The van der Waals surface area contributed by atoms with E-state index in [0.29, 0.717) is 0 Å². The average Bonchev–Trinajstić information content (AvgIpc) is 2.67. The summed E-state index contributed by atoms with van der Waals surface area (Å²) in [5, 5.41) is 21.5. The van der Waals surface area contributed by atoms with Gasteiger partial charge in [-0.15, -0.1) is 0 Å². The molecule has 2 aromatic carbocycles. The molecule has 151 valence electrons. The lowest BCUT2D eigenvalue weighted by atomic mass is 9.60. The molecule has 0 aromatic heterocycles. The molecule has 2 aromatic rings. The fourth-order valence-corrected chi connectivity index (χ4v) is 4.02. The Morgan fingerprint density at radius 3 is 2.10 bits per heavy atom. The van der Waals surface area contributed by atoms with E-state index in [1.54, 1.807) is 0 Å². The van der Waals surface area contributed by atoms with Crippen LogP contribution in [0.4, 0.5) is 16.2 Å². The van der Waals surface area contributed by atoms with Gasteiger partial charge in [0.15, 0.2) is 7.28 Å². The highest BCUT2D eigenvalue weighted by Gasteiger charge is 2.43. The van der Waals surface area contributed by atoms with E-state index in [1.807, 2.05) is 74.2 Å². The predicted octanol–water partition coefficient (Wildman–Crippen LogP) is 1.13. The van der Waals surface area contributed by atoms with E-state index >= 15 is 0 Å². The van der Waals surface area contributed by atoms with Gasteiger partial charge >= 0.3 is 6.09 Å². The molecule has 1 amide bonds. The van der Waals surface area contributed by atoms with Crippen molar-refractivity contribution in [2.75, 3.05) is 18.0 Å². The zero-order chi connectivity index (χ0) is 20.8. The van der Waals surface area contributed by atoms with Crippen LogP contribution < -0.4 is 15.8 Å². The number of benzene rings is 2. The Hall–Kier alpha value is -2.51. The Kier molecular flexibility index (Phi) is 5.04. The highest BCUT2D eigenvalue weighted by molar-refractivity contribution is 6.71. The van der Waals surface area contributed by atoms with Gasteiger partial charge < -0.3 is 24.7 Å². The van der Waals surface area contributed by atoms with Crippen LogP contribution in [0.15, 0.2) is 48.5 Å². The summed E-state index contributed by atoms with van der Waals surface area (Å²) in [7, 11) is 2.11. The van der Waals surface area contributed by atoms with Crippen LogP contribution in [0.1, 0.15) is 20.8 Å². The van der Waals surface area contributed by atoms with Crippen molar-refractivity contribution in [2.24, 2.45) is 0 Å². The standard InChI is InChI=1S/C22H26BN2O4/c1-22(2,3)29-21(28)24-12-18(20(27)19(26)13-24)25-16-10-6-4-8-14(16)23-15-9-5-7-11-17(15)25/h4-11,18-20,26-27H,12-13H2,1-3H3/t18-,19-,20+/m0/s1. The van der Waals surface area contributed by atoms with Crippen molar-refractivity contribution in [3.63, 3.8) is 0 Å². The molecular weight excluding hydrogens is 367 g/mol. The second kappa shape index (κ2) is 7.39. The number of piperidine rings is 1. The van der Waals surface area contributed by atoms with Crippen molar-refractivity contribution in [2.45, 2.75) is 44.6 Å². The van der Waals surface area contributed by atoms with Gasteiger partial charge in [0.1, 0.15) is 11.7 Å². The fourth-order valence-electron chi connectivity index (χ4n) is 4.02. The van der Waals surface area contributed by atoms with Gasteiger partial charge in [-0.2, -0.15) is 0 Å². The first-order valence-corrected chi connectivity index (χ1v) is 9.91. The van der Waals surface area contributed by atoms with Crippen molar-refractivity contribution in [3.8, 4) is 0 Å². The lowest BCUT2D eigenvalue weighted by Gasteiger charge is -2.47. The third kappa shape index (κ3) is 3.85. The van der Waals surface area contributed by atoms with Crippen LogP contribution in [0.25, 0.3) is 0 Å². The second-order valence-corrected chi connectivity index (χ2v) is 8.64. The molecule has 0 spiro atoms. The van der Waals surface area contributed by atoms with E-state index in [-0.39, 0.29) is 13.1 Å². The van der Waals surface area contributed by atoms with E-state index in [4.69, 9.17) is 4.74 Å². The van der Waals surface area contributed by atoms with Crippen molar-refractivity contribution in [3.05, 3.63) is 48.5 Å². The Morgan fingerprint density at radius 2 is 1.55 bits per heavy atom. The Labute approximate surface area is 171 Å². The van der Waals surface area contributed by atoms with Gasteiger partial charge in [0.05, 0.1) is 18.7 Å². The summed E-state index contributed by atoms with van der Waals surface area (Å²) in [6, 6.07) is 15.4. The summed E-state index contributed by atoms with van der Waals surface area (Å²) in [6.07, 6.45) is -2.56. The predicted molar refractivity (Wildman–Crippen MR) is 114 cm³/mol. The van der Waals surface area contributed by atoms with Gasteiger partial charge in [-0.1, -0.05) is 47.3 Å². The minimum atomic E-state index is -1.06. The van der Waals surface area contributed by atoms with Crippen LogP contribution in [-0.2, 0) is 4.74 Å². The molecule has 29 heavy (non-hydrogen) atoms. The van der Waals surface area contributed by atoms with Crippen molar-refractivity contribution in [1.82, 2.24) is 4.90 Å². The van der Waals surface area contributed by atoms with Crippen LogP contribution in [0.3, 0.4) is 0 Å². The smallest absolute Gasteiger partial charge is 0.410 e. The molecule has 7 heteroatoms. The fraction of sp³-hybridized carbons (Fsp3) is 0.409. The number of hydrogen-bond donors (Lipinski definition) is 2. The molecule has 2 aliphatic heterocycles. The number of hydrogen-bond acceptors (Lipinski definition) is 5. The Bertz CT molecular complexity index is 868. The zero-order valence-electron chi connectivity index (χ0n) is 16.9. The molecule has 0 saturated carbocycles. The zero-order valence-corrected chi connectivity index (χ0v) is 16.9. The molecule has 6 nitrogen and oxygen atoms in total. The van der Waals surface area contributed by atoms with Crippen LogP contribution in [0.5, 0.6) is 0 Å². The molecule has 3 atom stereocenters. The number of para-hydroxylation sites is 2. The average molecular weight is 393 g/mol. The SMILES string of the molecule is CC(C)(C)OC(=O)N1C[C@H](O)[C@H](O)[C@@H](N2c3ccccc3[B]c3ccccc32)C1. The summed E-state index contributed by atoms with van der Waals surface area (Å²) in [4.78, 5) is 16.2. The second-order valence-electron chi connectivity index (χ2n) is 8.64. The molecule has 0 aliphatic carbocycles. The molecule has 1 fully saturated rings. The molecule has 4 rings (SSSR count). The van der Waals surface area contributed by atoms with E-state index in [1.165, 1.54) is 4.90 Å². The molecule has 1 radical (unpaired) electrons. The Morgan fingerprint density at radius 1 is 1.00 bits per heavy atom. The van der Waals surface area contributed by atoms with Gasteiger partial charge in [0.25, 0.3) is 0 Å². The van der Waals surface area contributed by atoms with Gasteiger partial charge in [-0.3, -0.25) is 0 Å². The maximum Gasteiger partial charge on any atom is 0.410 e. The molecule has 2 aliphatic rings. The minimum Gasteiger partial charge on any atom is -0.444 e. The molecule has 1 saturated heterocycles. The van der Waals surface area contributed by atoms with Crippen LogP contribution in [0.2, 0.25) is 0 Å². The van der Waals surface area contributed by atoms with Crippen molar-refractivity contribution >= 4 is 35.7 Å². The van der Waals surface area contributed by atoms with Crippen molar-refractivity contribution in [1.29, 1.82) is 0 Å². The first kappa shape index (κ1) is 19.8. The van der Waals surface area contributed by atoms with Gasteiger partial charge in [0, 0.05) is 17.9 Å². The highest BCUT2D eigenvalue weighted by Crippen LogP contribution is 2.32. The van der Waals surface area contributed by atoms with E-state index in [9.17, 15) is 15.0 Å². The van der Waals surface area contributed by atoms with Crippen LogP contribution >= 0.6 is 0 Å². The number of aliphatic hydroxyl groups is 2.